The van der Waals surface area contributed by atoms with Crippen molar-refractivity contribution in [2.24, 2.45) is 0 Å². The molecule has 1 saturated heterocycles. The van der Waals surface area contributed by atoms with Crippen molar-refractivity contribution in [3.8, 4) is 5.75 Å². The maximum absolute atomic E-state index is 11.9. The first-order valence-corrected chi connectivity index (χ1v) is 6.41. The lowest BCUT2D eigenvalue weighted by Crippen LogP contribution is -2.38. The number of amides is 1. The summed E-state index contributed by atoms with van der Waals surface area (Å²) >= 11 is 0. The molecule has 1 heterocycles. The van der Waals surface area contributed by atoms with E-state index < -0.39 is 0 Å². The smallest absolute Gasteiger partial charge is 0.226 e. The molecule has 98 valence electrons. The Balaban J connectivity index is 1.71. The van der Waals surface area contributed by atoms with E-state index in [1.165, 1.54) is 0 Å². The lowest BCUT2D eigenvalue weighted by Gasteiger charge is -2.23. The third-order valence-electron chi connectivity index (χ3n) is 3.30. The van der Waals surface area contributed by atoms with Crippen molar-refractivity contribution in [1.29, 1.82) is 0 Å². The lowest BCUT2D eigenvalue weighted by atomic mass is 10.2. The molecule has 1 aliphatic rings. The molecular weight excluding hydrogens is 228 g/mol. The van der Waals surface area contributed by atoms with Crippen LogP contribution in [0.25, 0.3) is 0 Å². The van der Waals surface area contributed by atoms with Crippen LogP contribution in [-0.2, 0) is 4.79 Å². The third-order valence-corrected chi connectivity index (χ3v) is 3.30. The van der Waals surface area contributed by atoms with Crippen LogP contribution in [0.2, 0.25) is 0 Å². The zero-order chi connectivity index (χ0) is 12.8. The van der Waals surface area contributed by atoms with Gasteiger partial charge in [-0.2, -0.15) is 0 Å². The third kappa shape index (κ3) is 3.47. The number of hydrogen-bond donors (Lipinski definition) is 1. The molecule has 0 saturated carbocycles. The molecule has 1 aliphatic heterocycles. The fraction of sp³-hybridized carbons (Fsp3) is 0.500. The van der Waals surface area contributed by atoms with E-state index in [4.69, 9.17) is 4.74 Å². The molecule has 4 nitrogen and oxygen atoms in total. The molecule has 0 aliphatic carbocycles. The molecule has 0 bridgehead atoms. The van der Waals surface area contributed by atoms with Crippen molar-refractivity contribution in [3.05, 3.63) is 30.3 Å². The highest BCUT2D eigenvalue weighted by Gasteiger charge is 2.22. The minimum Gasteiger partial charge on any atom is -0.493 e. The number of hydrogen-bond acceptors (Lipinski definition) is 3. The second-order valence-electron chi connectivity index (χ2n) is 4.56. The minimum absolute atomic E-state index is 0.152. The van der Waals surface area contributed by atoms with Gasteiger partial charge in [0.05, 0.1) is 13.0 Å². The average Bonchev–Trinajstić information content (AvgIpc) is 2.93. The first-order valence-electron chi connectivity index (χ1n) is 6.41. The van der Waals surface area contributed by atoms with Gasteiger partial charge in [-0.15, -0.1) is 0 Å². The fourth-order valence-corrected chi connectivity index (χ4v) is 2.12. The van der Waals surface area contributed by atoms with Gasteiger partial charge < -0.3 is 15.0 Å². The Kier molecular flexibility index (Phi) is 4.59. The summed E-state index contributed by atoms with van der Waals surface area (Å²) in [4.78, 5) is 13.8. The van der Waals surface area contributed by atoms with Gasteiger partial charge in [-0.25, -0.2) is 0 Å². The molecule has 18 heavy (non-hydrogen) atoms. The molecule has 4 heteroatoms. The molecule has 1 fully saturated rings. The fourth-order valence-electron chi connectivity index (χ4n) is 2.12. The molecule has 1 aromatic rings. The summed E-state index contributed by atoms with van der Waals surface area (Å²) in [6, 6.07) is 9.93. The van der Waals surface area contributed by atoms with E-state index in [0.717, 1.165) is 25.3 Å². The van der Waals surface area contributed by atoms with Crippen LogP contribution in [0.3, 0.4) is 0 Å². The Labute approximate surface area is 108 Å². The van der Waals surface area contributed by atoms with E-state index in [-0.39, 0.29) is 5.91 Å². The molecule has 2 rings (SSSR count). The van der Waals surface area contributed by atoms with E-state index in [9.17, 15) is 4.79 Å². The highest BCUT2D eigenvalue weighted by Crippen LogP contribution is 2.10. The van der Waals surface area contributed by atoms with Crippen LogP contribution in [0.5, 0.6) is 5.75 Å². The Morgan fingerprint density at radius 3 is 2.89 bits per heavy atom. The molecule has 1 N–H and O–H groups in total. The topological polar surface area (TPSA) is 41.6 Å². The number of likely N-dealkylation sites (N-methyl/N-ethyl adjacent to an activating group) is 1. The highest BCUT2D eigenvalue weighted by atomic mass is 16.5. The second kappa shape index (κ2) is 6.40. The number of ether oxygens (including phenoxy) is 1. The number of nitrogens with zero attached hydrogens (tertiary/aromatic N) is 1. The maximum atomic E-state index is 11.9. The SMILES string of the molecule is CN(C(=O)CCOc1ccccc1)C1CCNC1. The van der Waals surface area contributed by atoms with Gasteiger partial charge in [0.25, 0.3) is 0 Å². The minimum atomic E-state index is 0.152. The van der Waals surface area contributed by atoms with Gasteiger partial charge in [0, 0.05) is 19.6 Å². The summed E-state index contributed by atoms with van der Waals surface area (Å²) in [7, 11) is 1.88. The van der Waals surface area contributed by atoms with E-state index in [1.807, 2.05) is 42.3 Å². The normalized spacial score (nSPS) is 18.6. The summed E-state index contributed by atoms with van der Waals surface area (Å²) in [5.74, 6) is 0.968. The number of nitrogens with one attached hydrogen (secondary N) is 1. The molecule has 1 unspecified atom stereocenters. The molecule has 0 spiro atoms. The van der Waals surface area contributed by atoms with E-state index in [0.29, 0.717) is 19.1 Å². The number of rotatable bonds is 5. The molecular formula is C14H20N2O2. The van der Waals surface area contributed by atoms with Gasteiger partial charge in [-0.3, -0.25) is 4.79 Å². The predicted molar refractivity (Wildman–Crippen MR) is 70.6 cm³/mol. The molecule has 1 atom stereocenters. The molecule has 1 amide bonds. The molecule has 0 radical (unpaired) electrons. The Bertz CT molecular complexity index is 375. The second-order valence-corrected chi connectivity index (χ2v) is 4.56. The van der Waals surface area contributed by atoms with Gasteiger partial charge in [0.1, 0.15) is 5.75 Å². The van der Waals surface area contributed by atoms with E-state index in [2.05, 4.69) is 5.32 Å². The van der Waals surface area contributed by atoms with Crippen molar-refractivity contribution in [3.63, 3.8) is 0 Å². The summed E-state index contributed by atoms with van der Waals surface area (Å²) < 4.78 is 5.53. The van der Waals surface area contributed by atoms with Gasteiger partial charge in [0.15, 0.2) is 0 Å². The van der Waals surface area contributed by atoms with Crippen LogP contribution in [-0.4, -0.2) is 43.6 Å². The van der Waals surface area contributed by atoms with Gasteiger partial charge in [0.2, 0.25) is 5.91 Å². The Morgan fingerprint density at radius 1 is 1.44 bits per heavy atom. The summed E-state index contributed by atoms with van der Waals surface area (Å²) in [5.41, 5.74) is 0. The quantitative estimate of drug-likeness (QED) is 0.853. The van der Waals surface area contributed by atoms with Crippen LogP contribution in [0.1, 0.15) is 12.8 Å². The van der Waals surface area contributed by atoms with E-state index >= 15 is 0 Å². The summed E-state index contributed by atoms with van der Waals surface area (Å²) in [5, 5.41) is 3.26. The average molecular weight is 248 g/mol. The number of para-hydroxylation sites is 1. The highest BCUT2D eigenvalue weighted by molar-refractivity contribution is 5.76. The van der Waals surface area contributed by atoms with Crippen molar-refractivity contribution >= 4 is 5.91 Å². The number of carbonyl (C=O) groups excluding carboxylic acids is 1. The van der Waals surface area contributed by atoms with Gasteiger partial charge >= 0.3 is 0 Å². The van der Waals surface area contributed by atoms with Crippen molar-refractivity contribution in [1.82, 2.24) is 10.2 Å². The van der Waals surface area contributed by atoms with Crippen LogP contribution in [0.4, 0.5) is 0 Å². The van der Waals surface area contributed by atoms with Gasteiger partial charge in [-0.05, 0) is 25.1 Å². The largest absolute Gasteiger partial charge is 0.493 e. The monoisotopic (exact) mass is 248 g/mol. The zero-order valence-electron chi connectivity index (χ0n) is 10.8. The predicted octanol–water partition coefficient (Wildman–Crippen LogP) is 1.28. The maximum Gasteiger partial charge on any atom is 0.226 e. The Hall–Kier alpha value is -1.55. The number of carbonyl (C=O) groups is 1. The van der Waals surface area contributed by atoms with Crippen LogP contribution in [0.15, 0.2) is 30.3 Å². The van der Waals surface area contributed by atoms with Crippen LogP contribution < -0.4 is 10.1 Å². The Morgan fingerprint density at radius 2 is 2.22 bits per heavy atom. The first kappa shape index (κ1) is 12.9. The first-order chi connectivity index (χ1) is 8.77. The van der Waals surface area contributed by atoms with Gasteiger partial charge in [-0.1, -0.05) is 18.2 Å². The summed E-state index contributed by atoms with van der Waals surface area (Å²) in [6.45, 7) is 2.35. The van der Waals surface area contributed by atoms with Crippen LogP contribution >= 0.6 is 0 Å². The standard InChI is InChI=1S/C14H20N2O2/c1-16(12-7-9-15-11-12)14(17)8-10-18-13-5-3-2-4-6-13/h2-6,12,15H,7-11H2,1H3. The van der Waals surface area contributed by atoms with Crippen molar-refractivity contribution < 1.29 is 9.53 Å². The zero-order valence-corrected chi connectivity index (χ0v) is 10.8. The lowest BCUT2D eigenvalue weighted by molar-refractivity contribution is -0.132. The molecule has 0 aromatic heterocycles. The number of benzene rings is 1. The van der Waals surface area contributed by atoms with E-state index in [1.54, 1.807) is 0 Å². The van der Waals surface area contributed by atoms with Crippen LogP contribution in [0, 0.1) is 0 Å². The van der Waals surface area contributed by atoms with Crippen molar-refractivity contribution in [2.75, 3.05) is 26.7 Å². The molecule has 1 aromatic carbocycles. The summed E-state index contributed by atoms with van der Waals surface area (Å²) in [6.07, 6.45) is 1.48. The van der Waals surface area contributed by atoms with Crippen molar-refractivity contribution in [2.45, 2.75) is 18.9 Å².